The average molecular weight is 300 g/mol. The zero-order valence-corrected chi connectivity index (χ0v) is 11.9. The number of nitrogens with zero attached hydrogens (tertiary/aromatic N) is 2. The number of anilines is 1. The number of rotatable bonds is 6. The van der Waals surface area contributed by atoms with Crippen molar-refractivity contribution in [1.82, 2.24) is 9.97 Å². The first-order valence-electron chi connectivity index (χ1n) is 6.02. The van der Waals surface area contributed by atoms with Crippen LogP contribution in [-0.2, 0) is 17.8 Å². The molecule has 1 aromatic heterocycles. The lowest BCUT2D eigenvalue weighted by molar-refractivity contribution is 0.180. The number of nitrogens with one attached hydrogen (secondary N) is 1. The minimum Gasteiger partial charge on any atom is -0.378 e. The summed E-state index contributed by atoms with van der Waals surface area (Å²) in [5, 5.41) is 3.26. The van der Waals surface area contributed by atoms with Gasteiger partial charge in [0.2, 0.25) is 0 Å². The van der Waals surface area contributed by atoms with E-state index in [0.29, 0.717) is 6.61 Å². The van der Waals surface area contributed by atoms with Gasteiger partial charge in [-0.3, -0.25) is 0 Å². The van der Waals surface area contributed by atoms with Gasteiger partial charge in [0.1, 0.15) is 11.6 Å². The predicted octanol–water partition coefficient (Wildman–Crippen LogP) is 2.77. The number of methoxy groups -OCH3 is 1. The molecule has 0 spiro atoms. The molecule has 4 nitrogen and oxygen atoms in total. The van der Waals surface area contributed by atoms with Gasteiger partial charge in [0.25, 0.3) is 0 Å². The van der Waals surface area contributed by atoms with E-state index in [1.807, 2.05) is 0 Å². The van der Waals surface area contributed by atoms with Gasteiger partial charge in [-0.15, -0.1) is 0 Å². The van der Waals surface area contributed by atoms with E-state index in [1.165, 1.54) is 12.8 Å². The van der Waals surface area contributed by atoms with Crippen LogP contribution in [0, 0.1) is 5.92 Å². The molecule has 0 atom stereocenters. The zero-order chi connectivity index (χ0) is 12.3. The highest BCUT2D eigenvalue weighted by Crippen LogP contribution is 2.33. The fraction of sp³-hybridized carbons (Fsp3) is 0.667. The largest absolute Gasteiger partial charge is 0.378 e. The van der Waals surface area contributed by atoms with Crippen LogP contribution in [-0.4, -0.2) is 23.6 Å². The number of ether oxygens (including phenoxy) is 1. The molecule has 94 valence electrons. The molecule has 0 amide bonds. The Morgan fingerprint density at radius 1 is 1.41 bits per heavy atom. The maximum absolute atomic E-state index is 5.17. The van der Waals surface area contributed by atoms with E-state index < -0.39 is 0 Å². The van der Waals surface area contributed by atoms with Crippen molar-refractivity contribution >= 4 is 21.7 Å². The smallest absolute Gasteiger partial charge is 0.144 e. The Hall–Kier alpha value is -0.680. The molecule has 0 aliphatic heterocycles. The lowest BCUT2D eigenvalue weighted by Crippen LogP contribution is -2.09. The molecule has 0 aromatic carbocycles. The molecule has 0 saturated heterocycles. The van der Waals surface area contributed by atoms with Gasteiger partial charge in [-0.1, -0.05) is 0 Å². The average Bonchev–Trinajstić information content (AvgIpc) is 3.09. The summed E-state index contributed by atoms with van der Waals surface area (Å²) in [4.78, 5) is 9.12. The third kappa shape index (κ3) is 3.39. The Morgan fingerprint density at radius 3 is 2.76 bits per heavy atom. The van der Waals surface area contributed by atoms with Gasteiger partial charge in [-0.2, -0.15) is 0 Å². The summed E-state index contributed by atoms with van der Waals surface area (Å²) in [5.74, 6) is 2.60. The molecule has 2 rings (SSSR count). The van der Waals surface area contributed by atoms with Crippen molar-refractivity contribution in [2.24, 2.45) is 5.92 Å². The molecule has 1 aliphatic carbocycles. The van der Waals surface area contributed by atoms with Crippen LogP contribution in [0.15, 0.2) is 4.47 Å². The summed E-state index contributed by atoms with van der Waals surface area (Å²) >= 11 is 3.53. The Morgan fingerprint density at radius 2 is 2.18 bits per heavy atom. The summed E-state index contributed by atoms with van der Waals surface area (Å²) < 4.78 is 6.09. The standard InChI is InChI=1S/C12H18BrN3O/c1-3-14-12-11(13)9(7-17-2)15-10(16-12)6-8-4-5-8/h8H,3-7H2,1-2H3,(H,14,15,16). The third-order valence-corrected chi connectivity index (χ3v) is 3.59. The molecular weight excluding hydrogens is 282 g/mol. The van der Waals surface area contributed by atoms with Crippen LogP contribution in [0.5, 0.6) is 0 Å². The minimum atomic E-state index is 0.513. The molecule has 1 saturated carbocycles. The van der Waals surface area contributed by atoms with Gasteiger partial charge in [-0.05, 0) is 41.6 Å². The first kappa shape index (κ1) is 12.8. The molecule has 17 heavy (non-hydrogen) atoms. The quantitative estimate of drug-likeness (QED) is 0.877. The van der Waals surface area contributed by atoms with E-state index in [9.17, 15) is 0 Å². The van der Waals surface area contributed by atoms with E-state index in [-0.39, 0.29) is 0 Å². The summed E-state index contributed by atoms with van der Waals surface area (Å²) in [6.07, 6.45) is 3.62. The second-order valence-electron chi connectivity index (χ2n) is 4.36. The van der Waals surface area contributed by atoms with Crippen LogP contribution in [0.3, 0.4) is 0 Å². The van der Waals surface area contributed by atoms with E-state index >= 15 is 0 Å². The number of hydrogen-bond acceptors (Lipinski definition) is 4. The lowest BCUT2D eigenvalue weighted by atomic mass is 10.2. The van der Waals surface area contributed by atoms with Crippen LogP contribution in [0.4, 0.5) is 5.82 Å². The first-order chi connectivity index (χ1) is 8.24. The summed E-state index contributed by atoms with van der Waals surface area (Å²) in [7, 11) is 1.68. The second kappa shape index (κ2) is 5.78. The first-order valence-corrected chi connectivity index (χ1v) is 6.82. The maximum atomic E-state index is 5.17. The molecule has 1 aliphatic rings. The molecule has 1 N–H and O–H groups in total. The summed E-state index contributed by atoms with van der Waals surface area (Å²) in [6.45, 7) is 3.43. The SMILES string of the molecule is CCNc1nc(CC2CC2)nc(COC)c1Br. The summed E-state index contributed by atoms with van der Waals surface area (Å²) in [5.41, 5.74) is 0.925. The molecule has 1 fully saturated rings. The van der Waals surface area contributed by atoms with Gasteiger partial charge in [0.05, 0.1) is 16.8 Å². The van der Waals surface area contributed by atoms with Gasteiger partial charge in [-0.25, -0.2) is 9.97 Å². The topological polar surface area (TPSA) is 47.0 Å². The van der Waals surface area contributed by atoms with Crippen molar-refractivity contribution in [3.05, 3.63) is 16.0 Å². The maximum Gasteiger partial charge on any atom is 0.144 e. The fourth-order valence-corrected chi connectivity index (χ4v) is 2.17. The van der Waals surface area contributed by atoms with Crippen molar-refractivity contribution in [2.75, 3.05) is 19.0 Å². The Labute approximate surface area is 110 Å². The van der Waals surface area contributed by atoms with Crippen molar-refractivity contribution in [2.45, 2.75) is 32.8 Å². The van der Waals surface area contributed by atoms with Crippen molar-refractivity contribution in [3.8, 4) is 0 Å². The second-order valence-corrected chi connectivity index (χ2v) is 5.15. The normalized spacial score (nSPS) is 15.0. The van der Waals surface area contributed by atoms with Crippen LogP contribution in [0.1, 0.15) is 31.3 Å². The van der Waals surface area contributed by atoms with E-state index in [4.69, 9.17) is 4.74 Å². The molecule has 5 heteroatoms. The molecule has 0 unspecified atom stereocenters. The highest BCUT2D eigenvalue weighted by molar-refractivity contribution is 9.10. The van der Waals surface area contributed by atoms with Crippen LogP contribution < -0.4 is 5.32 Å². The van der Waals surface area contributed by atoms with Gasteiger partial charge >= 0.3 is 0 Å². The van der Waals surface area contributed by atoms with Gasteiger partial charge in [0.15, 0.2) is 0 Å². The summed E-state index contributed by atoms with van der Waals surface area (Å²) in [6, 6.07) is 0. The zero-order valence-electron chi connectivity index (χ0n) is 10.3. The molecule has 0 bridgehead atoms. The molecule has 1 aromatic rings. The molecule has 0 radical (unpaired) electrons. The van der Waals surface area contributed by atoms with E-state index in [1.54, 1.807) is 7.11 Å². The predicted molar refractivity (Wildman–Crippen MR) is 71.0 cm³/mol. The molecular formula is C12H18BrN3O. The van der Waals surface area contributed by atoms with E-state index in [2.05, 4.69) is 38.1 Å². The Bertz CT molecular complexity index is 366. The van der Waals surface area contributed by atoms with Gasteiger partial charge in [0, 0.05) is 20.1 Å². The lowest BCUT2D eigenvalue weighted by Gasteiger charge is -2.11. The van der Waals surface area contributed by atoms with E-state index in [0.717, 1.165) is 40.7 Å². The monoisotopic (exact) mass is 299 g/mol. The highest BCUT2D eigenvalue weighted by Gasteiger charge is 2.24. The highest BCUT2D eigenvalue weighted by atomic mass is 79.9. The number of hydrogen-bond donors (Lipinski definition) is 1. The Kier molecular flexibility index (Phi) is 4.34. The van der Waals surface area contributed by atoms with Crippen LogP contribution in [0.25, 0.3) is 0 Å². The minimum absolute atomic E-state index is 0.513. The van der Waals surface area contributed by atoms with Crippen molar-refractivity contribution in [3.63, 3.8) is 0 Å². The van der Waals surface area contributed by atoms with Crippen LogP contribution in [0.2, 0.25) is 0 Å². The van der Waals surface area contributed by atoms with Gasteiger partial charge < -0.3 is 10.1 Å². The Balaban J connectivity index is 2.25. The van der Waals surface area contributed by atoms with Crippen LogP contribution >= 0.6 is 15.9 Å². The van der Waals surface area contributed by atoms with Crippen molar-refractivity contribution in [1.29, 1.82) is 0 Å². The van der Waals surface area contributed by atoms with Crippen molar-refractivity contribution < 1.29 is 4.74 Å². The number of aromatic nitrogens is 2. The third-order valence-electron chi connectivity index (χ3n) is 2.76. The molecule has 1 heterocycles. The fourth-order valence-electron chi connectivity index (χ4n) is 1.73. The number of halogens is 1.